The van der Waals surface area contributed by atoms with Gasteiger partial charge in [-0.2, -0.15) is 0 Å². The summed E-state index contributed by atoms with van der Waals surface area (Å²) >= 11 is 0. The van der Waals surface area contributed by atoms with Crippen LogP contribution in [0.25, 0.3) is 0 Å². The topological polar surface area (TPSA) is 47.7 Å². The smallest absolute Gasteiger partial charge is 0.162 e. The Bertz CT molecular complexity index is 428. The van der Waals surface area contributed by atoms with Gasteiger partial charge in [-0.1, -0.05) is 19.3 Å². The van der Waals surface area contributed by atoms with E-state index in [1.165, 1.54) is 32.1 Å². The predicted molar refractivity (Wildman–Crippen MR) is 79.2 cm³/mol. The molecule has 0 amide bonds. The van der Waals surface area contributed by atoms with Gasteiger partial charge in [0.2, 0.25) is 0 Å². The number of nitrogens with zero attached hydrogens (tertiary/aromatic N) is 1. The van der Waals surface area contributed by atoms with Gasteiger partial charge in [0, 0.05) is 25.2 Å². The summed E-state index contributed by atoms with van der Waals surface area (Å²) in [5.74, 6) is 1.41. The summed E-state index contributed by atoms with van der Waals surface area (Å²) in [6.07, 6.45) is 6.45. The van der Waals surface area contributed by atoms with Crippen LogP contribution in [0.5, 0.6) is 11.5 Å². The highest BCUT2D eigenvalue weighted by Crippen LogP contribution is 2.38. The van der Waals surface area contributed by atoms with Crippen molar-refractivity contribution in [2.45, 2.75) is 38.1 Å². The van der Waals surface area contributed by atoms with E-state index in [0.717, 1.165) is 17.1 Å². The number of methoxy groups -OCH3 is 2. The van der Waals surface area contributed by atoms with Crippen molar-refractivity contribution >= 4 is 11.4 Å². The zero-order valence-corrected chi connectivity index (χ0v) is 12.1. The van der Waals surface area contributed by atoms with Crippen LogP contribution in [0.2, 0.25) is 0 Å². The van der Waals surface area contributed by atoms with Crippen molar-refractivity contribution in [3.05, 3.63) is 12.1 Å². The minimum Gasteiger partial charge on any atom is -0.493 e. The third-order valence-corrected chi connectivity index (χ3v) is 4.04. The van der Waals surface area contributed by atoms with Crippen LogP contribution in [-0.2, 0) is 0 Å². The molecule has 1 aliphatic carbocycles. The minimum atomic E-state index is 0.578. The van der Waals surface area contributed by atoms with Gasteiger partial charge < -0.3 is 20.1 Å². The highest BCUT2D eigenvalue weighted by atomic mass is 16.5. The second-order valence-corrected chi connectivity index (χ2v) is 5.17. The van der Waals surface area contributed by atoms with Crippen molar-refractivity contribution in [1.29, 1.82) is 0 Å². The van der Waals surface area contributed by atoms with Gasteiger partial charge in [-0.05, 0) is 12.8 Å². The van der Waals surface area contributed by atoms with Gasteiger partial charge in [-0.15, -0.1) is 0 Å². The van der Waals surface area contributed by atoms with E-state index in [9.17, 15) is 0 Å². The molecular weight excluding hydrogens is 240 g/mol. The fourth-order valence-corrected chi connectivity index (χ4v) is 2.85. The third kappa shape index (κ3) is 2.88. The fraction of sp³-hybridized carbons (Fsp3) is 0.600. The van der Waals surface area contributed by atoms with E-state index >= 15 is 0 Å². The number of hydrogen-bond donors (Lipinski definition) is 1. The molecule has 0 radical (unpaired) electrons. The summed E-state index contributed by atoms with van der Waals surface area (Å²) in [5.41, 5.74) is 7.92. The normalized spacial score (nSPS) is 16.2. The summed E-state index contributed by atoms with van der Waals surface area (Å²) in [5, 5.41) is 0. The van der Waals surface area contributed by atoms with Crippen LogP contribution in [0, 0.1) is 0 Å². The summed E-state index contributed by atoms with van der Waals surface area (Å²) in [4.78, 5) is 2.29. The first-order valence-corrected chi connectivity index (χ1v) is 6.91. The van der Waals surface area contributed by atoms with Gasteiger partial charge in [-0.25, -0.2) is 0 Å². The molecule has 106 valence electrons. The quantitative estimate of drug-likeness (QED) is 0.849. The average molecular weight is 264 g/mol. The van der Waals surface area contributed by atoms with Gasteiger partial charge in [-0.3, -0.25) is 0 Å². The van der Waals surface area contributed by atoms with Crippen molar-refractivity contribution in [3.63, 3.8) is 0 Å². The summed E-state index contributed by atoms with van der Waals surface area (Å²) in [6, 6.07) is 4.39. The molecule has 0 unspecified atom stereocenters. The Morgan fingerprint density at radius 2 is 1.63 bits per heavy atom. The summed E-state index contributed by atoms with van der Waals surface area (Å²) in [7, 11) is 5.40. The average Bonchev–Trinajstić information content (AvgIpc) is 2.47. The molecule has 0 spiro atoms. The molecule has 0 heterocycles. The number of ether oxygens (including phenoxy) is 2. The van der Waals surface area contributed by atoms with Crippen molar-refractivity contribution in [2.24, 2.45) is 0 Å². The second kappa shape index (κ2) is 6.04. The Labute approximate surface area is 115 Å². The lowest BCUT2D eigenvalue weighted by Crippen LogP contribution is -2.33. The van der Waals surface area contributed by atoms with E-state index in [4.69, 9.17) is 15.2 Å². The molecule has 4 heteroatoms. The molecule has 0 atom stereocenters. The molecule has 19 heavy (non-hydrogen) atoms. The van der Waals surface area contributed by atoms with Gasteiger partial charge >= 0.3 is 0 Å². The molecule has 1 aliphatic rings. The van der Waals surface area contributed by atoms with Crippen LogP contribution in [-0.4, -0.2) is 27.3 Å². The first-order valence-electron chi connectivity index (χ1n) is 6.91. The maximum absolute atomic E-state index is 6.15. The highest BCUT2D eigenvalue weighted by Gasteiger charge is 2.21. The monoisotopic (exact) mass is 264 g/mol. The number of hydrogen-bond acceptors (Lipinski definition) is 4. The molecule has 1 aromatic carbocycles. The van der Waals surface area contributed by atoms with E-state index in [-0.39, 0.29) is 0 Å². The molecule has 4 nitrogen and oxygen atoms in total. The summed E-state index contributed by atoms with van der Waals surface area (Å²) < 4.78 is 10.6. The molecule has 0 bridgehead atoms. The van der Waals surface area contributed by atoms with Gasteiger partial charge in [0.1, 0.15) is 0 Å². The van der Waals surface area contributed by atoms with Crippen LogP contribution in [0.4, 0.5) is 11.4 Å². The molecule has 1 aromatic rings. The van der Waals surface area contributed by atoms with Crippen molar-refractivity contribution in [3.8, 4) is 11.5 Å². The van der Waals surface area contributed by atoms with Crippen molar-refractivity contribution < 1.29 is 9.47 Å². The number of rotatable bonds is 4. The number of anilines is 2. The first-order chi connectivity index (χ1) is 9.17. The second-order valence-electron chi connectivity index (χ2n) is 5.17. The standard InChI is InChI=1S/C15H24N2O2/c1-17(11-7-5-4-6-8-11)13-10-15(19-3)14(18-2)9-12(13)16/h9-11H,4-8,16H2,1-3H3. The number of benzene rings is 1. The van der Waals surface area contributed by atoms with Crippen LogP contribution in [0.15, 0.2) is 12.1 Å². The lowest BCUT2D eigenvalue weighted by atomic mass is 9.94. The lowest BCUT2D eigenvalue weighted by molar-refractivity contribution is 0.355. The maximum atomic E-state index is 6.15. The Morgan fingerprint density at radius 1 is 1.05 bits per heavy atom. The van der Waals surface area contributed by atoms with E-state index < -0.39 is 0 Å². The summed E-state index contributed by atoms with van der Waals surface area (Å²) in [6.45, 7) is 0. The molecular formula is C15H24N2O2. The largest absolute Gasteiger partial charge is 0.493 e. The Balaban J connectivity index is 2.27. The Hall–Kier alpha value is -1.58. The predicted octanol–water partition coefficient (Wildman–Crippen LogP) is 3.05. The van der Waals surface area contributed by atoms with Gasteiger partial charge in [0.15, 0.2) is 11.5 Å². The zero-order chi connectivity index (χ0) is 13.8. The van der Waals surface area contributed by atoms with E-state index in [0.29, 0.717) is 11.8 Å². The molecule has 0 aromatic heterocycles. The Morgan fingerprint density at radius 3 is 2.21 bits per heavy atom. The van der Waals surface area contributed by atoms with Crippen LogP contribution < -0.4 is 20.1 Å². The van der Waals surface area contributed by atoms with Crippen LogP contribution in [0.1, 0.15) is 32.1 Å². The van der Waals surface area contributed by atoms with Gasteiger partial charge in [0.25, 0.3) is 0 Å². The Kier molecular flexibility index (Phi) is 4.40. The molecule has 1 fully saturated rings. The third-order valence-electron chi connectivity index (χ3n) is 4.04. The molecule has 0 aliphatic heterocycles. The van der Waals surface area contributed by atoms with E-state index in [1.807, 2.05) is 12.1 Å². The van der Waals surface area contributed by atoms with Crippen molar-refractivity contribution in [1.82, 2.24) is 0 Å². The van der Waals surface area contributed by atoms with Crippen LogP contribution in [0.3, 0.4) is 0 Å². The maximum Gasteiger partial charge on any atom is 0.162 e. The SMILES string of the molecule is COc1cc(N)c(N(C)C2CCCCC2)cc1OC. The fourth-order valence-electron chi connectivity index (χ4n) is 2.85. The minimum absolute atomic E-state index is 0.578. The molecule has 0 saturated heterocycles. The number of nitrogens with two attached hydrogens (primary N) is 1. The number of nitrogen functional groups attached to an aromatic ring is 1. The van der Waals surface area contributed by atoms with E-state index in [1.54, 1.807) is 14.2 Å². The molecule has 2 N–H and O–H groups in total. The lowest BCUT2D eigenvalue weighted by Gasteiger charge is -2.34. The highest BCUT2D eigenvalue weighted by molar-refractivity contribution is 5.73. The molecule has 2 rings (SSSR count). The van der Waals surface area contributed by atoms with Crippen molar-refractivity contribution in [2.75, 3.05) is 31.9 Å². The zero-order valence-electron chi connectivity index (χ0n) is 12.1. The first kappa shape index (κ1) is 13.8. The van der Waals surface area contributed by atoms with Gasteiger partial charge in [0.05, 0.1) is 25.6 Å². The van der Waals surface area contributed by atoms with E-state index in [2.05, 4.69) is 11.9 Å². The van der Waals surface area contributed by atoms with Crippen LogP contribution >= 0.6 is 0 Å². The molecule has 1 saturated carbocycles.